The summed E-state index contributed by atoms with van der Waals surface area (Å²) in [6.07, 6.45) is 3.37. The SMILES string of the molecule is CCCc1ccc(S(=O)(=O)N2CCCC2C#N)cc1. The fourth-order valence-electron chi connectivity index (χ4n) is 2.41. The predicted molar refractivity (Wildman–Crippen MR) is 73.0 cm³/mol. The first kappa shape index (κ1) is 14.0. The van der Waals surface area contributed by atoms with Gasteiger partial charge in [-0.05, 0) is 37.0 Å². The van der Waals surface area contributed by atoms with Crippen LogP contribution >= 0.6 is 0 Å². The predicted octanol–water partition coefficient (Wildman–Crippen LogP) is 2.32. The Morgan fingerprint density at radius 1 is 1.37 bits per heavy atom. The summed E-state index contributed by atoms with van der Waals surface area (Å²) in [7, 11) is -3.52. The van der Waals surface area contributed by atoms with Gasteiger partial charge in [0.2, 0.25) is 10.0 Å². The number of benzene rings is 1. The molecule has 2 rings (SSSR count). The van der Waals surface area contributed by atoms with Gasteiger partial charge in [0.1, 0.15) is 6.04 Å². The van der Waals surface area contributed by atoms with Crippen LogP contribution in [0.15, 0.2) is 29.2 Å². The topological polar surface area (TPSA) is 61.2 Å². The molecule has 1 aliphatic heterocycles. The van der Waals surface area contributed by atoms with Crippen LogP contribution < -0.4 is 0 Å². The monoisotopic (exact) mass is 278 g/mol. The zero-order chi connectivity index (χ0) is 13.9. The van der Waals surface area contributed by atoms with E-state index in [1.807, 2.05) is 12.1 Å². The van der Waals surface area contributed by atoms with Gasteiger partial charge in [-0.15, -0.1) is 0 Å². The molecule has 4 nitrogen and oxygen atoms in total. The van der Waals surface area contributed by atoms with Crippen molar-refractivity contribution >= 4 is 10.0 Å². The number of hydrogen-bond donors (Lipinski definition) is 0. The average Bonchev–Trinajstić information content (AvgIpc) is 2.89. The highest BCUT2D eigenvalue weighted by Gasteiger charge is 2.35. The summed E-state index contributed by atoms with van der Waals surface area (Å²) in [4.78, 5) is 0.287. The molecular weight excluding hydrogens is 260 g/mol. The highest BCUT2D eigenvalue weighted by molar-refractivity contribution is 7.89. The van der Waals surface area contributed by atoms with E-state index >= 15 is 0 Å². The van der Waals surface area contributed by atoms with Gasteiger partial charge in [-0.3, -0.25) is 0 Å². The zero-order valence-corrected chi connectivity index (χ0v) is 11.9. The van der Waals surface area contributed by atoms with E-state index in [0.717, 1.165) is 24.8 Å². The van der Waals surface area contributed by atoms with Crippen LogP contribution in [0.5, 0.6) is 0 Å². The molecule has 19 heavy (non-hydrogen) atoms. The minimum atomic E-state index is -3.52. The van der Waals surface area contributed by atoms with Crippen molar-refractivity contribution in [2.75, 3.05) is 6.54 Å². The summed E-state index contributed by atoms with van der Waals surface area (Å²) < 4.78 is 26.2. The Balaban J connectivity index is 2.27. The first-order valence-corrected chi connectivity index (χ1v) is 8.04. The molecule has 0 aliphatic carbocycles. The highest BCUT2D eigenvalue weighted by atomic mass is 32.2. The van der Waals surface area contributed by atoms with Crippen molar-refractivity contribution < 1.29 is 8.42 Å². The Morgan fingerprint density at radius 3 is 2.63 bits per heavy atom. The standard InChI is InChI=1S/C14H18N2O2S/c1-2-4-12-6-8-14(9-7-12)19(17,18)16-10-3-5-13(16)11-15/h6-9,13H,2-5,10H2,1H3. The lowest BCUT2D eigenvalue weighted by Crippen LogP contribution is -2.34. The van der Waals surface area contributed by atoms with Gasteiger partial charge in [-0.1, -0.05) is 25.5 Å². The lowest BCUT2D eigenvalue weighted by Gasteiger charge is -2.19. The van der Waals surface area contributed by atoms with Crippen molar-refractivity contribution in [2.24, 2.45) is 0 Å². The number of sulfonamides is 1. The van der Waals surface area contributed by atoms with Crippen LogP contribution in [0.2, 0.25) is 0 Å². The average molecular weight is 278 g/mol. The van der Waals surface area contributed by atoms with E-state index in [1.165, 1.54) is 4.31 Å². The largest absolute Gasteiger partial charge is 0.244 e. The van der Waals surface area contributed by atoms with Gasteiger partial charge in [0.25, 0.3) is 0 Å². The van der Waals surface area contributed by atoms with Gasteiger partial charge < -0.3 is 0 Å². The fourth-order valence-corrected chi connectivity index (χ4v) is 4.02. The van der Waals surface area contributed by atoms with Crippen LogP contribution in [0.4, 0.5) is 0 Å². The summed E-state index contributed by atoms with van der Waals surface area (Å²) >= 11 is 0. The number of hydrogen-bond acceptors (Lipinski definition) is 3. The molecule has 1 aliphatic rings. The minimum Gasteiger partial charge on any atom is -0.207 e. The van der Waals surface area contributed by atoms with Gasteiger partial charge in [-0.2, -0.15) is 9.57 Å². The van der Waals surface area contributed by atoms with Crippen LogP contribution in [-0.2, 0) is 16.4 Å². The maximum atomic E-state index is 12.4. The van der Waals surface area contributed by atoms with Crippen molar-refractivity contribution in [1.82, 2.24) is 4.31 Å². The second-order valence-electron chi connectivity index (χ2n) is 4.80. The lowest BCUT2D eigenvalue weighted by molar-refractivity contribution is 0.437. The molecule has 1 saturated heterocycles. The van der Waals surface area contributed by atoms with E-state index in [2.05, 4.69) is 13.0 Å². The van der Waals surface area contributed by atoms with Crippen LogP contribution in [-0.4, -0.2) is 25.3 Å². The molecule has 0 N–H and O–H groups in total. The Bertz CT molecular complexity index is 572. The summed E-state index contributed by atoms with van der Waals surface area (Å²) in [5, 5.41) is 9.00. The van der Waals surface area contributed by atoms with Gasteiger partial charge in [0.15, 0.2) is 0 Å². The zero-order valence-electron chi connectivity index (χ0n) is 11.0. The molecule has 0 aromatic heterocycles. The first-order valence-electron chi connectivity index (χ1n) is 6.60. The number of aryl methyl sites for hydroxylation is 1. The van der Waals surface area contributed by atoms with Crippen LogP contribution in [0, 0.1) is 11.3 Å². The molecule has 1 aromatic carbocycles. The number of rotatable bonds is 4. The van der Waals surface area contributed by atoms with E-state index < -0.39 is 16.1 Å². The van der Waals surface area contributed by atoms with Crippen LogP contribution in [0.25, 0.3) is 0 Å². The maximum absolute atomic E-state index is 12.4. The second-order valence-corrected chi connectivity index (χ2v) is 6.69. The van der Waals surface area contributed by atoms with Crippen molar-refractivity contribution in [3.63, 3.8) is 0 Å². The van der Waals surface area contributed by atoms with E-state index in [-0.39, 0.29) is 4.90 Å². The molecule has 1 fully saturated rings. The normalized spacial score (nSPS) is 20.3. The van der Waals surface area contributed by atoms with Gasteiger partial charge in [-0.25, -0.2) is 8.42 Å². The maximum Gasteiger partial charge on any atom is 0.244 e. The molecule has 0 radical (unpaired) electrons. The Hall–Kier alpha value is -1.38. The van der Waals surface area contributed by atoms with Crippen molar-refractivity contribution in [3.05, 3.63) is 29.8 Å². The highest BCUT2D eigenvalue weighted by Crippen LogP contribution is 2.25. The second kappa shape index (κ2) is 5.72. The molecule has 1 unspecified atom stereocenters. The summed E-state index contributed by atoms with van der Waals surface area (Å²) in [6.45, 7) is 2.53. The minimum absolute atomic E-state index is 0.287. The molecule has 1 heterocycles. The Kier molecular flexibility index (Phi) is 4.23. The Labute approximate surface area is 114 Å². The quantitative estimate of drug-likeness (QED) is 0.849. The van der Waals surface area contributed by atoms with Crippen molar-refractivity contribution in [3.8, 4) is 6.07 Å². The van der Waals surface area contributed by atoms with Gasteiger partial charge in [0, 0.05) is 6.54 Å². The number of nitrogens with zero attached hydrogens (tertiary/aromatic N) is 2. The summed E-state index contributed by atoms with van der Waals surface area (Å²) in [5.41, 5.74) is 1.14. The Morgan fingerprint density at radius 2 is 2.05 bits per heavy atom. The van der Waals surface area contributed by atoms with E-state index in [4.69, 9.17) is 5.26 Å². The van der Waals surface area contributed by atoms with Crippen LogP contribution in [0.1, 0.15) is 31.7 Å². The lowest BCUT2D eigenvalue weighted by atomic mass is 10.1. The molecular formula is C14H18N2O2S. The third-order valence-corrected chi connectivity index (χ3v) is 5.34. The molecule has 0 saturated carbocycles. The molecule has 1 atom stereocenters. The van der Waals surface area contributed by atoms with Crippen molar-refractivity contribution in [2.45, 2.75) is 43.5 Å². The van der Waals surface area contributed by atoms with Crippen molar-refractivity contribution in [1.29, 1.82) is 5.26 Å². The van der Waals surface area contributed by atoms with Gasteiger partial charge >= 0.3 is 0 Å². The van der Waals surface area contributed by atoms with Crippen LogP contribution in [0.3, 0.4) is 0 Å². The molecule has 0 bridgehead atoms. The smallest absolute Gasteiger partial charge is 0.207 e. The molecule has 0 amide bonds. The first-order chi connectivity index (χ1) is 9.09. The third kappa shape index (κ3) is 2.80. The number of nitriles is 1. The molecule has 102 valence electrons. The third-order valence-electron chi connectivity index (χ3n) is 3.42. The van der Waals surface area contributed by atoms with E-state index in [1.54, 1.807) is 12.1 Å². The molecule has 5 heteroatoms. The van der Waals surface area contributed by atoms with E-state index in [0.29, 0.717) is 13.0 Å². The van der Waals surface area contributed by atoms with Gasteiger partial charge in [0.05, 0.1) is 11.0 Å². The van der Waals surface area contributed by atoms with E-state index in [9.17, 15) is 8.42 Å². The molecule has 0 spiro atoms. The summed E-state index contributed by atoms with van der Waals surface area (Å²) in [5.74, 6) is 0. The summed E-state index contributed by atoms with van der Waals surface area (Å²) in [6, 6.07) is 8.56. The fraction of sp³-hybridized carbons (Fsp3) is 0.500. The molecule has 1 aromatic rings.